The molecule has 0 atom stereocenters. The van der Waals surface area contributed by atoms with Crippen molar-refractivity contribution >= 4 is 5.97 Å². The number of H-pyrrole nitrogens is 1. The second-order valence-corrected chi connectivity index (χ2v) is 3.52. The van der Waals surface area contributed by atoms with Gasteiger partial charge in [-0.05, 0) is 12.1 Å². The van der Waals surface area contributed by atoms with Crippen LogP contribution in [0.3, 0.4) is 0 Å². The van der Waals surface area contributed by atoms with Crippen LogP contribution in [0.5, 0.6) is 5.88 Å². The van der Waals surface area contributed by atoms with Crippen molar-refractivity contribution in [3.05, 3.63) is 36.0 Å². The third-order valence-electron chi connectivity index (χ3n) is 2.29. The number of aromatic carboxylic acids is 1. The highest BCUT2D eigenvalue weighted by molar-refractivity contribution is 5.85. The van der Waals surface area contributed by atoms with Crippen molar-refractivity contribution in [2.75, 3.05) is 7.11 Å². The molecular formula is C11H12N3O3+. The van der Waals surface area contributed by atoms with Gasteiger partial charge < -0.3 is 9.84 Å². The molecule has 0 unspecified atom stereocenters. The van der Waals surface area contributed by atoms with Crippen LogP contribution >= 0.6 is 0 Å². The normalized spacial score (nSPS) is 10.2. The number of rotatable bonds is 3. The first-order chi connectivity index (χ1) is 8.11. The maximum atomic E-state index is 10.8. The molecule has 0 aliphatic heterocycles. The second-order valence-electron chi connectivity index (χ2n) is 3.52. The molecule has 2 aromatic heterocycles. The molecule has 0 fully saturated rings. The predicted octanol–water partition coefficient (Wildman–Crippen LogP) is 0.702. The van der Waals surface area contributed by atoms with Gasteiger partial charge in [0.05, 0.1) is 7.11 Å². The van der Waals surface area contributed by atoms with E-state index in [2.05, 4.69) is 9.97 Å². The number of methoxy groups -OCH3 is 1. The Morgan fingerprint density at radius 1 is 1.53 bits per heavy atom. The van der Waals surface area contributed by atoms with E-state index in [4.69, 9.17) is 9.84 Å². The predicted molar refractivity (Wildman–Crippen MR) is 58.4 cm³/mol. The highest BCUT2D eigenvalue weighted by Gasteiger charge is 2.16. The number of aryl methyl sites for hydroxylation is 1. The Balaban J connectivity index is 2.51. The average molecular weight is 234 g/mol. The minimum absolute atomic E-state index is 0.0431. The molecule has 6 heteroatoms. The van der Waals surface area contributed by atoms with Gasteiger partial charge in [0.25, 0.3) is 5.88 Å². The van der Waals surface area contributed by atoms with Crippen LogP contribution in [0.25, 0.3) is 5.69 Å². The summed E-state index contributed by atoms with van der Waals surface area (Å²) < 4.78 is 6.88. The van der Waals surface area contributed by atoms with Gasteiger partial charge in [0.15, 0.2) is 11.4 Å². The molecule has 0 aromatic carbocycles. The fraction of sp³-hybridized carbons (Fsp3) is 0.182. The second kappa shape index (κ2) is 4.25. The zero-order valence-corrected chi connectivity index (χ0v) is 9.47. The molecule has 6 nitrogen and oxygen atoms in total. The van der Waals surface area contributed by atoms with Gasteiger partial charge in [0, 0.05) is 6.92 Å². The first kappa shape index (κ1) is 11.1. The van der Waals surface area contributed by atoms with Crippen molar-refractivity contribution in [2.24, 2.45) is 0 Å². The van der Waals surface area contributed by atoms with E-state index in [0.717, 1.165) is 5.69 Å². The summed E-state index contributed by atoms with van der Waals surface area (Å²) in [4.78, 5) is 17.7. The third-order valence-corrected chi connectivity index (χ3v) is 2.29. The average Bonchev–Trinajstić information content (AvgIpc) is 2.74. The SMILES string of the molecule is COc1nc(C(=O)O)ccc1-[n+]1c[nH]c(C)c1. The van der Waals surface area contributed by atoms with Crippen molar-refractivity contribution in [1.29, 1.82) is 0 Å². The van der Waals surface area contributed by atoms with E-state index in [-0.39, 0.29) is 11.6 Å². The summed E-state index contributed by atoms with van der Waals surface area (Å²) in [6.45, 7) is 1.92. The zero-order chi connectivity index (χ0) is 12.4. The van der Waals surface area contributed by atoms with Crippen LogP contribution in [0.2, 0.25) is 0 Å². The van der Waals surface area contributed by atoms with Crippen LogP contribution in [0.1, 0.15) is 16.2 Å². The van der Waals surface area contributed by atoms with Crippen molar-refractivity contribution in [2.45, 2.75) is 6.92 Å². The van der Waals surface area contributed by atoms with E-state index in [9.17, 15) is 4.79 Å². The molecule has 0 amide bonds. The number of hydrogen-bond acceptors (Lipinski definition) is 3. The number of carboxylic acid groups (broad SMARTS) is 1. The topological polar surface area (TPSA) is 79.1 Å². The Bertz CT molecular complexity index is 563. The smallest absolute Gasteiger partial charge is 0.354 e. The summed E-state index contributed by atoms with van der Waals surface area (Å²) in [7, 11) is 1.46. The largest absolute Gasteiger partial charge is 0.478 e. The first-order valence-electron chi connectivity index (χ1n) is 4.97. The molecule has 0 aliphatic rings. The zero-order valence-electron chi connectivity index (χ0n) is 9.47. The van der Waals surface area contributed by atoms with Crippen LogP contribution in [-0.2, 0) is 0 Å². The lowest BCUT2D eigenvalue weighted by atomic mass is 10.3. The summed E-state index contributed by atoms with van der Waals surface area (Å²) >= 11 is 0. The highest BCUT2D eigenvalue weighted by Crippen LogP contribution is 2.15. The van der Waals surface area contributed by atoms with Gasteiger partial charge >= 0.3 is 5.97 Å². The van der Waals surface area contributed by atoms with Gasteiger partial charge in [-0.2, -0.15) is 4.57 Å². The maximum Gasteiger partial charge on any atom is 0.354 e. The van der Waals surface area contributed by atoms with Gasteiger partial charge in [0.1, 0.15) is 11.9 Å². The number of ether oxygens (including phenoxy) is 1. The van der Waals surface area contributed by atoms with E-state index < -0.39 is 5.97 Å². The Morgan fingerprint density at radius 3 is 2.82 bits per heavy atom. The number of nitrogens with one attached hydrogen (secondary N) is 1. The van der Waals surface area contributed by atoms with E-state index in [1.807, 2.05) is 13.1 Å². The quantitative estimate of drug-likeness (QED) is 0.766. The third kappa shape index (κ3) is 2.10. The Kier molecular flexibility index (Phi) is 2.78. The van der Waals surface area contributed by atoms with Gasteiger partial charge in [-0.1, -0.05) is 0 Å². The number of carboxylic acids is 1. The molecular weight excluding hydrogens is 222 g/mol. The summed E-state index contributed by atoms with van der Waals surface area (Å²) in [6.07, 6.45) is 3.61. The van der Waals surface area contributed by atoms with Gasteiger partial charge in [-0.15, -0.1) is 0 Å². The standard InChI is InChI=1S/C11H11N3O3/c1-7-5-14(6-12-7)9-4-3-8(11(15)16)13-10(9)17-2/h3-6H,1-2H3,(H,15,16)/p+1. The molecule has 2 heterocycles. The summed E-state index contributed by atoms with van der Waals surface area (Å²) in [5, 5.41) is 8.84. The van der Waals surface area contributed by atoms with Gasteiger partial charge in [-0.25, -0.2) is 14.8 Å². The fourth-order valence-corrected chi connectivity index (χ4v) is 1.49. The number of nitrogens with zero attached hydrogens (tertiary/aromatic N) is 2. The van der Waals surface area contributed by atoms with Crippen LogP contribution < -0.4 is 9.30 Å². The van der Waals surface area contributed by atoms with Crippen molar-refractivity contribution in [1.82, 2.24) is 9.97 Å². The van der Waals surface area contributed by atoms with Crippen LogP contribution in [0.15, 0.2) is 24.7 Å². The van der Waals surface area contributed by atoms with Crippen molar-refractivity contribution in [3.63, 3.8) is 0 Å². The molecule has 0 aliphatic carbocycles. The summed E-state index contributed by atoms with van der Waals surface area (Å²) in [5.74, 6) is -0.806. The highest BCUT2D eigenvalue weighted by atomic mass is 16.5. The lowest BCUT2D eigenvalue weighted by molar-refractivity contribution is -0.595. The molecule has 0 saturated heterocycles. The van der Waals surface area contributed by atoms with Gasteiger partial charge in [0.2, 0.25) is 6.33 Å². The number of hydrogen-bond donors (Lipinski definition) is 2. The monoisotopic (exact) mass is 234 g/mol. The van der Waals surface area contributed by atoms with Crippen LogP contribution in [0.4, 0.5) is 0 Å². The molecule has 0 bridgehead atoms. The minimum Gasteiger partial charge on any atom is -0.478 e. The molecule has 2 N–H and O–H groups in total. The van der Waals surface area contributed by atoms with E-state index in [1.54, 1.807) is 17.0 Å². The fourth-order valence-electron chi connectivity index (χ4n) is 1.49. The maximum absolute atomic E-state index is 10.8. The minimum atomic E-state index is -1.08. The number of imidazole rings is 1. The Morgan fingerprint density at radius 2 is 2.29 bits per heavy atom. The molecule has 0 saturated carbocycles. The number of pyridine rings is 1. The molecule has 17 heavy (non-hydrogen) atoms. The van der Waals surface area contributed by atoms with E-state index in [0.29, 0.717) is 5.69 Å². The lowest BCUT2D eigenvalue weighted by Crippen LogP contribution is -2.28. The van der Waals surface area contributed by atoms with Gasteiger partial charge in [-0.3, -0.25) is 0 Å². The number of carbonyl (C=O) groups is 1. The molecule has 0 radical (unpaired) electrons. The Labute approximate surface area is 97.5 Å². The summed E-state index contributed by atoms with van der Waals surface area (Å²) in [6, 6.07) is 3.10. The summed E-state index contributed by atoms with van der Waals surface area (Å²) in [5.41, 5.74) is 1.62. The van der Waals surface area contributed by atoms with E-state index in [1.165, 1.54) is 13.2 Å². The molecule has 2 rings (SSSR count). The van der Waals surface area contributed by atoms with Crippen molar-refractivity contribution in [3.8, 4) is 11.6 Å². The molecule has 0 spiro atoms. The van der Waals surface area contributed by atoms with Crippen LogP contribution in [0, 0.1) is 6.92 Å². The number of aromatic nitrogens is 3. The molecule has 88 valence electrons. The Hall–Kier alpha value is -2.37. The first-order valence-corrected chi connectivity index (χ1v) is 4.97. The molecule has 2 aromatic rings. The van der Waals surface area contributed by atoms with Crippen LogP contribution in [-0.4, -0.2) is 28.2 Å². The van der Waals surface area contributed by atoms with E-state index >= 15 is 0 Å². The number of aromatic amines is 1. The van der Waals surface area contributed by atoms with Crippen molar-refractivity contribution < 1.29 is 19.2 Å². The lowest BCUT2D eigenvalue weighted by Gasteiger charge is -2.04.